The summed E-state index contributed by atoms with van der Waals surface area (Å²) >= 11 is 0. The maximum absolute atomic E-state index is 12.7. The summed E-state index contributed by atoms with van der Waals surface area (Å²) in [7, 11) is -3.92. The molecule has 2 aromatic heterocycles. The summed E-state index contributed by atoms with van der Waals surface area (Å²) in [6.07, 6.45) is 2.13. The first-order valence-electron chi connectivity index (χ1n) is 6.80. The number of carbonyl (C=O) groups is 1. The summed E-state index contributed by atoms with van der Waals surface area (Å²) in [6, 6.07) is 9.04. The van der Waals surface area contributed by atoms with E-state index in [4.69, 9.17) is 0 Å². The number of ketones is 1. The Balaban J connectivity index is 2.32. The average molecular weight is 345 g/mol. The molecule has 3 rings (SSSR count). The standard InChI is InChI=1S/C15H11N3O5S/c1-10(19)14-12-7-8-17(15(12)16-9-13(14)18(20)21)24(22,23)11-5-3-2-4-6-11/h2-9H,1H3. The molecule has 0 radical (unpaired) electrons. The van der Waals surface area contributed by atoms with Gasteiger partial charge >= 0.3 is 0 Å². The van der Waals surface area contributed by atoms with Crippen molar-refractivity contribution < 1.29 is 18.1 Å². The van der Waals surface area contributed by atoms with Gasteiger partial charge in [0.25, 0.3) is 15.7 Å². The van der Waals surface area contributed by atoms with Crippen molar-refractivity contribution in [2.75, 3.05) is 0 Å². The van der Waals surface area contributed by atoms with E-state index in [1.54, 1.807) is 18.2 Å². The Kier molecular flexibility index (Phi) is 3.64. The van der Waals surface area contributed by atoms with E-state index < -0.39 is 26.4 Å². The molecular weight excluding hydrogens is 334 g/mol. The summed E-state index contributed by atoms with van der Waals surface area (Å²) in [5.41, 5.74) is -0.647. The maximum Gasteiger partial charge on any atom is 0.299 e. The lowest BCUT2D eigenvalue weighted by atomic mass is 10.1. The van der Waals surface area contributed by atoms with E-state index in [1.165, 1.54) is 31.3 Å². The molecule has 0 atom stereocenters. The molecule has 2 heterocycles. The van der Waals surface area contributed by atoms with Gasteiger partial charge in [0.05, 0.1) is 9.82 Å². The smallest absolute Gasteiger partial charge is 0.294 e. The highest BCUT2D eigenvalue weighted by atomic mass is 32.2. The number of Topliss-reactive ketones (excluding diaryl/α,β-unsaturated/α-hetero) is 1. The minimum atomic E-state index is -3.92. The van der Waals surface area contributed by atoms with Crippen molar-refractivity contribution in [1.82, 2.24) is 8.96 Å². The molecule has 9 heteroatoms. The average Bonchev–Trinajstić information content (AvgIpc) is 2.99. The molecule has 0 spiro atoms. The molecule has 0 N–H and O–H groups in total. The summed E-state index contributed by atoms with van der Waals surface area (Å²) in [6.45, 7) is 1.19. The van der Waals surface area contributed by atoms with Crippen LogP contribution in [0.2, 0.25) is 0 Å². The number of fused-ring (bicyclic) bond motifs is 1. The van der Waals surface area contributed by atoms with Crippen LogP contribution >= 0.6 is 0 Å². The molecular formula is C15H11N3O5S. The molecule has 0 saturated carbocycles. The monoisotopic (exact) mass is 345 g/mol. The molecule has 3 aromatic rings. The Labute approximate surface area is 136 Å². The minimum Gasteiger partial charge on any atom is -0.294 e. The fraction of sp³-hybridized carbons (Fsp3) is 0.0667. The molecule has 0 fully saturated rings. The second-order valence-electron chi connectivity index (χ2n) is 5.00. The Morgan fingerprint density at radius 1 is 1.21 bits per heavy atom. The third-order valence-electron chi connectivity index (χ3n) is 3.51. The first-order valence-corrected chi connectivity index (χ1v) is 8.24. The summed E-state index contributed by atoms with van der Waals surface area (Å²) in [5.74, 6) is -0.538. The quantitative estimate of drug-likeness (QED) is 0.408. The number of benzene rings is 1. The zero-order valence-corrected chi connectivity index (χ0v) is 13.2. The number of rotatable bonds is 4. The minimum absolute atomic E-state index is 0.0327. The molecule has 0 bridgehead atoms. The van der Waals surface area contributed by atoms with E-state index in [0.29, 0.717) is 0 Å². The van der Waals surface area contributed by atoms with Gasteiger partial charge in [-0.1, -0.05) is 18.2 Å². The molecule has 0 saturated heterocycles. The molecule has 0 aliphatic rings. The van der Waals surface area contributed by atoms with Gasteiger partial charge in [0.2, 0.25) is 0 Å². The summed E-state index contributed by atoms with van der Waals surface area (Å²) < 4.78 is 26.3. The van der Waals surface area contributed by atoms with Crippen molar-refractivity contribution in [1.29, 1.82) is 0 Å². The highest BCUT2D eigenvalue weighted by Gasteiger charge is 2.26. The van der Waals surface area contributed by atoms with Crippen LogP contribution in [-0.2, 0) is 10.0 Å². The van der Waals surface area contributed by atoms with E-state index in [-0.39, 0.29) is 21.5 Å². The molecule has 8 nitrogen and oxygen atoms in total. The van der Waals surface area contributed by atoms with Crippen LogP contribution < -0.4 is 0 Å². The normalized spacial score (nSPS) is 11.5. The van der Waals surface area contributed by atoms with Crippen molar-refractivity contribution in [2.24, 2.45) is 0 Å². The van der Waals surface area contributed by atoms with E-state index in [1.807, 2.05) is 0 Å². The second-order valence-corrected chi connectivity index (χ2v) is 6.81. The predicted molar refractivity (Wildman–Crippen MR) is 85.4 cm³/mol. The van der Waals surface area contributed by atoms with Crippen LogP contribution in [0.15, 0.2) is 53.7 Å². The van der Waals surface area contributed by atoms with Crippen LogP contribution in [0.3, 0.4) is 0 Å². The van der Waals surface area contributed by atoms with Gasteiger partial charge in [-0.2, -0.15) is 0 Å². The summed E-state index contributed by atoms with van der Waals surface area (Å²) in [4.78, 5) is 26.1. The van der Waals surface area contributed by atoms with Crippen LogP contribution in [0.1, 0.15) is 17.3 Å². The molecule has 0 amide bonds. The Bertz CT molecular complexity index is 1070. The Morgan fingerprint density at radius 3 is 2.46 bits per heavy atom. The largest absolute Gasteiger partial charge is 0.299 e. The van der Waals surface area contributed by atoms with Gasteiger partial charge in [-0.25, -0.2) is 17.4 Å². The lowest BCUT2D eigenvalue weighted by molar-refractivity contribution is -0.385. The SMILES string of the molecule is CC(=O)c1c([N+](=O)[O-])cnc2c1ccn2S(=O)(=O)c1ccccc1. The molecule has 0 unspecified atom stereocenters. The highest BCUT2D eigenvalue weighted by Crippen LogP contribution is 2.29. The lowest BCUT2D eigenvalue weighted by Gasteiger charge is -2.07. The number of carbonyl (C=O) groups excluding carboxylic acids is 1. The van der Waals surface area contributed by atoms with Crippen molar-refractivity contribution >= 4 is 32.5 Å². The van der Waals surface area contributed by atoms with Gasteiger partial charge in [-0.15, -0.1) is 0 Å². The lowest BCUT2D eigenvalue weighted by Crippen LogP contribution is -2.13. The Hall–Kier alpha value is -3.07. The molecule has 1 aromatic carbocycles. The van der Waals surface area contributed by atoms with Gasteiger partial charge in [-0.3, -0.25) is 14.9 Å². The third kappa shape index (κ3) is 2.35. The Morgan fingerprint density at radius 2 is 1.88 bits per heavy atom. The zero-order chi connectivity index (χ0) is 17.5. The number of pyridine rings is 1. The number of aromatic nitrogens is 2. The van der Waals surface area contributed by atoms with Crippen LogP contribution in [0.5, 0.6) is 0 Å². The molecule has 24 heavy (non-hydrogen) atoms. The van der Waals surface area contributed by atoms with Gasteiger partial charge in [-0.05, 0) is 25.1 Å². The fourth-order valence-corrected chi connectivity index (χ4v) is 3.78. The van der Waals surface area contributed by atoms with Crippen molar-refractivity contribution in [3.8, 4) is 0 Å². The van der Waals surface area contributed by atoms with E-state index in [2.05, 4.69) is 4.98 Å². The van der Waals surface area contributed by atoms with E-state index in [0.717, 1.165) is 10.2 Å². The van der Waals surface area contributed by atoms with Gasteiger partial charge in [0.1, 0.15) is 11.8 Å². The molecule has 0 aliphatic carbocycles. The van der Waals surface area contributed by atoms with Gasteiger partial charge in [0, 0.05) is 11.6 Å². The topological polar surface area (TPSA) is 112 Å². The maximum atomic E-state index is 12.7. The highest BCUT2D eigenvalue weighted by molar-refractivity contribution is 7.90. The van der Waals surface area contributed by atoms with Crippen molar-refractivity contribution in [3.63, 3.8) is 0 Å². The van der Waals surface area contributed by atoms with Gasteiger partial charge < -0.3 is 0 Å². The van der Waals surface area contributed by atoms with Gasteiger partial charge in [0.15, 0.2) is 11.4 Å². The third-order valence-corrected chi connectivity index (χ3v) is 5.19. The molecule has 122 valence electrons. The second kappa shape index (κ2) is 5.53. The van der Waals surface area contributed by atoms with Crippen LogP contribution in [0, 0.1) is 10.1 Å². The fourth-order valence-electron chi connectivity index (χ4n) is 2.46. The number of hydrogen-bond acceptors (Lipinski definition) is 6. The first kappa shape index (κ1) is 15.8. The number of nitrogens with zero attached hydrogens (tertiary/aromatic N) is 3. The van der Waals surface area contributed by atoms with Crippen molar-refractivity contribution in [3.05, 3.63) is 64.5 Å². The van der Waals surface area contributed by atoms with Crippen molar-refractivity contribution in [2.45, 2.75) is 11.8 Å². The number of hydrogen-bond donors (Lipinski definition) is 0. The predicted octanol–water partition coefficient (Wildman–Crippen LogP) is 2.38. The van der Waals surface area contributed by atoms with Crippen LogP contribution in [0.25, 0.3) is 11.0 Å². The van der Waals surface area contributed by atoms with E-state index in [9.17, 15) is 23.3 Å². The van der Waals surface area contributed by atoms with Crippen LogP contribution in [-0.4, -0.2) is 28.1 Å². The van der Waals surface area contributed by atoms with Crippen LogP contribution in [0.4, 0.5) is 5.69 Å². The summed E-state index contributed by atoms with van der Waals surface area (Å²) in [5, 5.41) is 11.2. The molecule has 0 aliphatic heterocycles. The zero-order valence-electron chi connectivity index (χ0n) is 12.4. The first-order chi connectivity index (χ1) is 11.3. The van der Waals surface area contributed by atoms with E-state index >= 15 is 0 Å². The number of nitro groups is 1.